The molecule has 0 aromatic heterocycles. The summed E-state index contributed by atoms with van der Waals surface area (Å²) >= 11 is 0. The third-order valence-electron chi connectivity index (χ3n) is 2.57. The highest BCUT2D eigenvalue weighted by molar-refractivity contribution is 5.85. The lowest BCUT2D eigenvalue weighted by atomic mass is 10.2. The zero-order chi connectivity index (χ0) is 19.1. The van der Waals surface area contributed by atoms with E-state index in [1.54, 1.807) is 0 Å². The predicted molar refractivity (Wildman–Crippen MR) is 104 cm³/mol. The van der Waals surface area contributed by atoms with Gasteiger partial charge < -0.3 is 50.1 Å². The fourth-order valence-electron chi connectivity index (χ4n) is 1.29. The van der Waals surface area contributed by atoms with E-state index in [-0.39, 0.29) is 34.5 Å². The second kappa shape index (κ2) is 21.6. The minimum Gasteiger partial charge on any atom is -0.480 e. The smallest absolute Gasteiger partial charge is 0.320 e. The van der Waals surface area contributed by atoms with E-state index in [0.717, 1.165) is 0 Å². The number of hydrogen-bond acceptors (Lipinski definition) is 6. The van der Waals surface area contributed by atoms with Crippen molar-refractivity contribution in [2.45, 2.75) is 37.8 Å². The zero-order valence-corrected chi connectivity index (χ0v) is 15.6. The first-order valence-electron chi connectivity index (χ1n) is 7.15. The normalized spacial score (nSPS) is 10.7. The first kappa shape index (κ1) is 35.6. The van der Waals surface area contributed by atoms with Gasteiger partial charge in [-0.05, 0) is 25.7 Å². The Balaban J connectivity index is -0.000000108. The molecule has 0 bridgehead atoms. The highest BCUT2D eigenvalue weighted by Crippen LogP contribution is 1.95. The number of nitrogens with zero attached hydrogens (tertiary/aromatic N) is 2. The minimum atomic E-state index is -1.00. The maximum absolute atomic E-state index is 10.2. The molecule has 0 unspecified atom stereocenters. The van der Waals surface area contributed by atoms with Crippen LogP contribution in [0.15, 0.2) is 9.98 Å². The largest absolute Gasteiger partial charge is 0.480 e. The van der Waals surface area contributed by atoms with Gasteiger partial charge in [-0.2, -0.15) is 0 Å². The van der Waals surface area contributed by atoms with Gasteiger partial charge >= 0.3 is 11.9 Å². The molecule has 0 rings (SSSR count). The molecule has 164 valence electrons. The van der Waals surface area contributed by atoms with Gasteiger partial charge in [0.15, 0.2) is 11.9 Å². The van der Waals surface area contributed by atoms with Gasteiger partial charge in [-0.15, -0.1) is 12.4 Å². The molecule has 0 aliphatic carbocycles. The summed E-state index contributed by atoms with van der Waals surface area (Å²) in [5, 5.41) is 16.8. The number of carbonyl (C=O) groups is 2. The Morgan fingerprint density at radius 1 is 0.778 bits per heavy atom. The number of carboxylic acid groups (broad SMARTS) is 2. The van der Waals surface area contributed by atoms with Crippen molar-refractivity contribution in [2.24, 2.45) is 44.4 Å². The van der Waals surface area contributed by atoms with Gasteiger partial charge in [0.25, 0.3) is 0 Å². The summed E-state index contributed by atoms with van der Waals surface area (Å²) in [6, 6.07) is -1.64. The van der Waals surface area contributed by atoms with Crippen molar-refractivity contribution >= 4 is 36.3 Å². The van der Waals surface area contributed by atoms with E-state index in [2.05, 4.69) is 9.98 Å². The number of carboxylic acids is 2. The third-order valence-corrected chi connectivity index (χ3v) is 2.57. The summed E-state index contributed by atoms with van der Waals surface area (Å²) in [7, 11) is 0. The molecule has 0 aliphatic heterocycles. The van der Waals surface area contributed by atoms with E-state index in [4.69, 9.17) is 44.6 Å². The topological polar surface area (TPSA) is 287 Å². The number of halogens is 2. The summed E-state index contributed by atoms with van der Waals surface area (Å²) in [5.41, 5.74) is 30.6. The number of aliphatic carboxylic acids is 2. The van der Waals surface area contributed by atoms with E-state index in [0.29, 0.717) is 38.8 Å². The predicted octanol–water partition coefficient (Wildman–Crippen LogP) is -3.35. The Labute approximate surface area is 162 Å². The average Bonchev–Trinajstić information content (AvgIpc) is 2.47. The summed E-state index contributed by atoms with van der Waals surface area (Å²) in [5.74, 6) is -1.97. The standard InChI is InChI=1S/2C6H14N4O2.ClH.FH.H2O/c2*7-4(5(11)12)2-1-3-10-6(8)9;;;/h2*4H,1-3,7H2,(H,11,12)(H4,8,9,10);2*1H;1H2/t2*4-;;;/m00.../s1. The van der Waals surface area contributed by atoms with Gasteiger partial charge in [-0.1, -0.05) is 0 Å². The first-order valence-corrected chi connectivity index (χ1v) is 7.15. The molecule has 0 amide bonds. The SMILES string of the molecule is Cl.F.NC(N)=NCCC[C@H](N)C(=O)O.NC(N)=NCCC[C@H](N)C(=O)O.O. The molecule has 0 heterocycles. The van der Waals surface area contributed by atoms with Crippen LogP contribution in [0, 0.1) is 0 Å². The molecule has 0 aromatic carbocycles. The fraction of sp³-hybridized carbons (Fsp3) is 0.667. The highest BCUT2D eigenvalue weighted by Gasteiger charge is 2.10. The van der Waals surface area contributed by atoms with Gasteiger partial charge in [0.05, 0.1) is 0 Å². The Hall–Kier alpha value is -2.42. The first-order chi connectivity index (χ1) is 11.1. The Morgan fingerprint density at radius 3 is 1.22 bits per heavy atom. The highest BCUT2D eigenvalue weighted by atomic mass is 35.5. The quantitative estimate of drug-likeness (QED) is 0.0981. The molecule has 27 heavy (non-hydrogen) atoms. The van der Waals surface area contributed by atoms with Crippen LogP contribution in [0.1, 0.15) is 25.7 Å². The van der Waals surface area contributed by atoms with Crippen molar-refractivity contribution < 1.29 is 30.0 Å². The van der Waals surface area contributed by atoms with Gasteiger partial charge in [0.2, 0.25) is 0 Å². The monoisotopic (exact) mass is 422 g/mol. The van der Waals surface area contributed by atoms with Crippen molar-refractivity contribution in [1.82, 2.24) is 0 Å². The number of rotatable bonds is 10. The Bertz CT molecular complexity index is 408. The minimum absolute atomic E-state index is 0. The van der Waals surface area contributed by atoms with Crippen LogP contribution >= 0.6 is 12.4 Å². The molecular formula is C12H32ClFN8O5. The summed E-state index contributed by atoms with van der Waals surface area (Å²) < 4.78 is 0. The van der Waals surface area contributed by atoms with Crippen LogP contribution in [0.4, 0.5) is 4.70 Å². The molecule has 13 nitrogen and oxygen atoms in total. The van der Waals surface area contributed by atoms with Gasteiger partial charge in [-0.25, -0.2) is 0 Å². The molecule has 0 aliphatic rings. The van der Waals surface area contributed by atoms with Crippen molar-refractivity contribution in [3.63, 3.8) is 0 Å². The van der Waals surface area contributed by atoms with E-state index >= 15 is 0 Å². The lowest BCUT2D eigenvalue weighted by Crippen LogP contribution is -2.30. The molecule has 16 N–H and O–H groups in total. The van der Waals surface area contributed by atoms with Crippen molar-refractivity contribution in [2.75, 3.05) is 13.1 Å². The average molecular weight is 423 g/mol. The Kier molecular flexibility index (Phi) is 28.5. The molecule has 0 spiro atoms. The maximum Gasteiger partial charge on any atom is 0.320 e. The van der Waals surface area contributed by atoms with E-state index in [1.165, 1.54) is 0 Å². The van der Waals surface area contributed by atoms with E-state index in [9.17, 15) is 9.59 Å². The van der Waals surface area contributed by atoms with Crippen LogP contribution in [0.5, 0.6) is 0 Å². The zero-order valence-electron chi connectivity index (χ0n) is 14.8. The number of guanidine groups is 2. The fourth-order valence-corrected chi connectivity index (χ4v) is 1.29. The van der Waals surface area contributed by atoms with E-state index < -0.39 is 24.0 Å². The van der Waals surface area contributed by atoms with Crippen LogP contribution < -0.4 is 34.4 Å². The number of hydrogen-bond donors (Lipinski definition) is 8. The molecule has 15 heteroatoms. The van der Waals surface area contributed by atoms with Crippen LogP contribution in [0.2, 0.25) is 0 Å². The van der Waals surface area contributed by atoms with Crippen LogP contribution in [-0.2, 0) is 9.59 Å². The van der Waals surface area contributed by atoms with Crippen molar-refractivity contribution in [1.29, 1.82) is 0 Å². The maximum atomic E-state index is 10.2. The van der Waals surface area contributed by atoms with Gasteiger partial charge in [0, 0.05) is 13.1 Å². The lowest BCUT2D eigenvalue weighted by molar-refractivity contribution is -0.139. The van der Waals surface area contributed by atoms with Crippen molar-refractivity contribution in [3.05, 3.63) is 0 Å². The molecular weight excluding hydrogens is 391 g/mol. The Morgan fingerprint density at radius 2 is 1.04 bits per heavy atom. The second-order valence-electron chi connectivity index (χ2n) is 4.79. The summed E-state index contributed by atoms with van der Waals surface area (Å²) in [6.07, 6.45) is 1.91. The molecule has 0 aromatic rings. The van der Waals surface area contributed by atoms with Crippen molar-refractivity contribution in [3.8, 4) is 0 Å². The third kappa shape index (κ3) is 28.6. The van der Waals surface area contributed by atoms with Crippen LogP contribution in [-0.4, -0.2) is 64.7 Å². The number of nitrogens with two attached hydrogens (primary N) is 6. The lowest BCUT2D eigenvalue weighted by Gasteiger charge is -2.03. The summed E-state index contributed by atoms with van der Waals surface area (Å²) in [6.45, 7) is 0.840. The van der Waals surface area contributed by atoms with Gasteiger partial charge in [-0.3, -0.25) is 24.3 Å². The van der Waals surface area contributed by atoms with Crippen LogP contribution in [0.25, 0.3) is 0 Å². The molecule has 2 atom stereocenters. The van der Waals surface area contributed by atoms with Gasteiger partial charge in [0.1, 0.15) is 12.1 Å². The van der Waals surface area contributed by atoms with Crippen LogP contribution in [0.3, 0.4) is 0 Å². The molecule has 0 saturated heterocycles. The molecule has 0 radical (unpaired) electrons. The number of aliphatic imine (C=N–C) groups is 2. The van der Waals surface area contributed by atoms with E-state index in [1.807, 2.05) is 0 Å². The second-order valence-corrected chi connectivity index (χ2v) is 4.79. The molecule has 0 saturated carbocycles. The summed E-state index contributed by atoms with van der Waals surface area (Å²) in [4.78, 5) is 27.8. The molecule has 0 fully saturated rings.